The van der Waals surface area contributed by atoms with Gasteiger partial charge >= 0.3 is 0 Å². The van der Waals surface area contributed by atoms with Crippen molar-refractivity contribution in [3.8, 4) is 5.75 Å². The molecule has 20 heavy (non-hydrogen) atoms. The molecule has 0 unspecified atom stereocenters. The van der Waals surface area contributed by atoms with Crippen molar-refractivity contribution in [1.82, 2.24) is 4.90 Å². The molecule has 3 nitrogen and oxygen atoms in total. The van der Waals surface area contributed by atoms with Crippen LogP contribution in [0.25, 0.3) is 0 Å². The van der Waals surface area contributed by atoms with Crippen LogP contribution in [0.15, 0.2) is 18.2 Å². The Morgan fingerprint density at radius 2 is 1.90 bits per heavy atom. The van der Waals surface area contributed by atoms with Gasteiger partial charge < -0.3 is 4.74 Å². The van der Waals surface area contributed by atoms with Gasteiger partial charge in [-0.1, -0.05) is 6.42 Å². The molecule has 0 bridgehead atoms. The molecule has 110 valence electrons. The average Bonchev–Trinajstić information content (AvgIpc) is 2.81. The molecule has 0 radical (unpaired) electrons. The van der Waals surface area contributed by atoms with Gasteiger partial charge in [0.25, 0.3) is 0 Å². The van der Waals surface area contributed by atoms with E-state index in [9.17, 15) is 4.79 Å². The van der Waals surface area contributed by atoms with Gasteiger partial charge in [-0.15, -0.1) is 12.4 Å². The highest BCUT2D eigenvalue weighted by Crippen LogP contribution is 2.26. The second-order valence-corrected chi connectivity index (χ2v) is 5.49. The summed E-state index contributed by atoms with van der Waals surface area (Å²) in [7, 11) is 0. The van der Waals surface area contributed by atoms with Crippen molar-refractivity contribution in [1.29, 1.82) is 0 Å². The van der Waals surface area contributed by atoms with Gasteiger partial charge in [-0.25, -0.2) is 0 Å². The first kappa shape index (κ1) is 15.3. The quantitative estimate of drug-likeness (QED) is 0.855. The predicted octanol–water partition coefficient (Wildman–Crippen LogP) is 3.10. The third-order valence-electron chi connectivity index (χ3n) is 4.12. The van der Waals surface area contributed by atoms with E-state index in [0.717, 1.165) is 36.4 Å². The fraction of sp³-hybridized carbons (Fsp3) is 0.562. The summed E-state index contributed by atoms with van der Waals surface area (Å²) in [5, 5.41) is 0. The van der Waals surface area contributed by atoms with Gasteiger partial charge in [-0.3, -0.25) is 9.69 Å². The number of hydrogen-bond donors (Lipinski definition) is 0. The number of carbonyl (C=O) groups is 1. The van der Waals surface area contributed by atoms with Gasteiger partial charge in [0.1, 0.15) is 12.4 Å². The summed E-state index contributed by atoms with van der Waals surface area (Å²) in [6.45, 7) is 4.17. The molecule has 3 rings (SSSR count). The molecule has 1 fully saturated rings. The third-order valence-corrected chi connectivity index (χ3v) is 4.12. The van der Waals surface area contributed by atoms with Crippen molar-refractivity contribution in [3.05, 3.63) is 29.3 Å². The maximum absolute atomic E-state index is 11.5. The number of carbonyl (C=O) groups excluding carboxylic acids is 1. The van der Waals surface area contributed by atoms with Crippen molar-refractivity contribution in [2.24, 2.45) is 0 Å². The number of benzene rings is 1. The molecule has 4 heteroatoms. The van der Waals surface area contributed by atoms with Crippen LogP contribution in [0.2, 0.25) is 0 Å². The Hall–Kier alpha value is -1.06. The number of hydrogen-bond acceptors (Lipinski definition) is 3. The summed E-state index contributed by atoms with van der Waals surface area (Å²) in [4.78, 5) is 14.0. The van der Waals surface area contributed by atoms with E-state index < -0.39 is 0 Å². The maximum atomic E-state index is 11.5. The van der Waals surface area contributed by atoms with E-state index in [1.54, 1.807) is 0 Å². The number of halogens is 1. The van der Waals surface area contributed by atoms with E-state index in [-0.39, 0.29) is 18.2 Å². The number of rotatable bonds is 4. The van der Waals surface area contributed by atoms with E-state index in [2.05, 4.69) is 4.90 Å². The molecule has 0 saturated carbocycles. The molecular weight excluding hydrogens is 274 g/mol. The zero-order valence-corrected chi connectivity index (χ0v) is 12.6. The van der Waals surface area contributed by atoms with Crippen molar-refractivity contribution in [2.45, 2.75) is 32.1 Å². The first-order chi connectivity index (χ1) is 9.33. The molecule has 0 aromatic heterocycles. The molecule has 1 heterocycles. The third kappa shape index (κ3) is 3.53. The largest absolute Gasteiger partial charge is 0.492 e. The SMILES string of the molecule is Cl.O=C1CCc2cc(OCCN3CCCCC3)ccc21. The van der Waals surface area contributed by atoms with Crippen LogP contribution in [0.1, 0.15) is 41.6 Å². The lowest BCUT2D eigenvalue weighted by molar-refractivity contribution is 0.0994. The van der Waals surface area contributed by atoms with Crippen LogP contribution >= 0.6 is 12.4 Å². The topological polar surface area (TPSA) is 29.5 Å². The average molecular weight is 296 g/mol. The molecule has 0 atom stereocenters. The molecule has 1 aliphatic carbocycles. The van der Waals surface area contributed by atoms with Gasteiger partial charge in [0.15, 0.2) is 5.78 Å². The highest BCUT2D eigenvalue weighted by atomic mass is 35.5. The summed E-state index contributed by atoms with van der Waals surface area (Å²) in [6.07, 6.45) is 5.54. The second-order valence-electron chi connectivity index (χ2n) is 5.49. The van der Waals surface area contributed by atoms with E-state index in [1.165, 1.54) is 32.4 Å². The Balaban J connectivity index is 0.00000147. The van der Waals surface area contributed by atoms with Crippen molar-refractivity contribution in [3.63, 3.8) is 0 Å². The van der Waals surface area contributed by atoms with Crippen LogP contribution in [-0.2, 0) is 6.42 Å². The Labute approximate surface area is 126 Å². The zero-order chi connectivity index (χ0) is 13.1. The van der Waals surface area contributed by atoms with Crippen LogP contribution in [0.4, 0.5) is 0 Å². The smallest absolute Gasteiger partial charge is 0.163 e. The minimum Gasteiger partial charge on any atom is -0.492 e. The Kier molecular flexibility index (Phi) is 5.44. The van der Waals surface area contributed by atoms with Crippen LogP contribution in [-0.4, -0.2) is 36.9 Å². The molecule has 1 saturated heterocycles. The first-order valence-electron chi connectivity index (χ1n) is 7.34. The van der Waals surface area contributed by atoms with E-state index in [0.29, 0.717) is 6.42 Å². The lowest BCUT2D eigenvalue weighted by Crippen LogP contribution is -2.33. The molecule has 0 N–H and O–H groups in total. The fourth-order valence-corrected chi connectivity index (χ4v) is 3.00. The van der Waals surface area contributed by atoms with Crippen LogP contribution < -0.4 is 4.74 Å². The number of Topliss-reactive ketones (excluding diaryl/α,β-unsaturated/α-hetero) is 1. The molecule has 2 aliphatic rings. The summed E-state index contributed by atoms with van der Waals surface area (Å²) in [5.41, 5.74) is 2.05. The number of ketones is 1. The normalized spacial score (nSPS) is 18.5. The van der Waals surface area contributed by atoms with Crippen LogP contribution in [0, 0.1) is 0 Å². The summed E-state index contributed by atoms with van der Waals surface area (Å²) in [5.74, 6) is 1.18. The fourth-order valence-electron chi connectivity index (χ4n) is 3.00. The summed E-state index contributed by atoms with van der Waals surface area (Å²) in [6, 6.07) is 5.88. The molecule has 1 aliphatic heterocycles. The molecule has 0 amide bonds. The number of likely N-dealkylation sites (tertiary alicyclic amines) is 1. The minimum absolute atomic E-state index is 0. The zero-order valence-electron chi connectivity index (χ0n) is 11.8. The predicted molar refractivity (Wildman–Crippen MR) is 82.1 cm³/mol. The summed E-state index contributed by atoms with van der Waals surface area (Å²) < 4.78 is 5.82. The standard InChI is InChI=1S/C16H21NO2.ClH/c18-16-7-4-13-12-14(5-6-15(13)16)19-11-10-17-8-2-1-3-9-17;/h5-6,12H,1-4,7-11H2;1H. The van der Waals surface area contributed by atoms with Crippen molar-refractivity contribution >= 4 is 18.2 Å². The Morgan fingerprint density at radius 1 is 1.10 bits per heavy atom. The maximum Gasteiger partial charge on any atom is 0.163 e. The minimum atomic E-state index is 0. The highest BCUT2D eigenvalue weighted by Gasteiger charge is 2.19. The first-order valence-corrected chi connectivity index (χ1v) is 7.34. The van der Waals surface area contributed by atoms with E-state index >= 15 is 0 Å². The van der Waals surface area contributed by atoms with Gasteiger partial charge in [-0.05, 0) is 56.1 Å². The van der Waals surface area contributed by atoms with Crippen LogP contribution in [0.5, 0.6) is 5.75 Å². The molecule has 1 aromatic carbocycles. The summed E-state index contributed by atoms with van der Waals surface area (Å²) >= 11 is 0. The monoisotopic (exact) mass is 295 g/mol. The lowest BCUT2D eigenvalue weighted by Gasteiger charge is -2.26. The van der Waals surface area contributed by atoms with Gasteiger partial charge in [-0.2, -0.15) is 0 Å². The second kappa shape index (κ2) is 7.09. The van der Waals surface area contributed by atoms with Gasteiger partial charge in [0.05, 0.1) is 0 Å². The number of nitrogens with zero attached hydrogens (tertiary/aromatic N) is 1. The van der Waals surface area contributed by atoms with Crippen molar-refractivity contribution < 1.29 is 9.53 Å². The highest BCUT2D eigenvalue weighted by molar-refractivity contribution is 6.00. The van der Waals surface area contributed by atoms with E-state index in [4.69, 9.17) is 4.74 Å². The number of piperidine rings is 1. The number of aryl methyl sites for hydroxylation is 1. The van der Waals surface area contributed by atoms with Gasteiger partial charge in [0, 0.05) is 18.5 Å². The number of ether oxygens (including phenoxy) is 1. The van der Waals surface area contributed by atoms with Gasteiger partial charge in [0.2, 0.25) is 0 Å². The Bertz CT molecular complexity index is 470. The van der Waals surface area contributed by atoms with Crippen molar-refractivity contribution in [2.75, 3.05) is 26.2 Å². The van der Waals surface area contributed by atoms with Crippen LogP contribution in [0.3, 0.4) is 0 Å². The lowest BCUT2D eigenvalue weighted by atomic mass is 10.1. The molecule has 1 aromatic rings. The van der Waals surface area contributed by atoms with E-state index in [1.807, 2.05) is 18.2 Å². The molecular formula is C16H22ClNO2. The Morgan fingerprint density at radius 3 is 2.70 bits per heavy atom. The molecule has 0 spiro atoms. The number of fused-ring (bicyclic) bond motifs is 1.